The van der Waals surface area contributed by atoms with Gasteiger partial charge in [-0.25, -0.2) is 4.79 Å². The Bertz CT molecular complexity index is 810. The van der Waals surface area contributed by atoms with Gasteiger partial charge < -0.3 is 20.0 Å². The van der Waals surface area contributed by atoms with E-state index in [1.165, 1.54) is 4.90 Å². The molecular formula is C20H26N4O4. The van der Waals surface area contributed by atoms with Gasteiger partial charge in [-0.1, -0.05) is 12.1 Å². The summed E-state index contributed by atoms with van der Waals surface area (Å²) in [5.74, 6) is 0.832. The van der Waals surface area contributed by atoms with Crippen molar-refractivity contribution in [3.05, 3.63) is 36.7 Å². The van der Waals surface area contributed by atoms with E-state index in [-0.39, 0.29) is 18.8 Å². The van der Waals surface area contributed by atoms with Crippen LogP contribution < -0.4 is 10.1 Å². The summed E-state index contributed by atoms with van der Waals surface area (Å²) in [6.45, 7) is 1.90. The van der Waals surface area contributed by atoms with Crippen molar-refractivity contribution >= 4 is 23.2 Å². The number of hydrogen-bond acceptors (Lipinski definition) is 6. The Labute approximate surface area is 164 Å². The first kappa shape index (κ1) is 20.0. The molecule has 1 saturated heterocycles. The van der Waals surface area contributed by atoms with Crippen LogP contribution in [0.1, 0.15) is 12.8 Å². The van der Waals surface area contributed by atoms with E-state index < -0.39 is 6.09 Å². The van der Waals surface area contributed by atoms with Crippen LogP contribution in [0.25, 0.3) is 10.8 Å². The van der Waals surface area contributed by atoms with Crippen molar-refractivity contribution in [2.24, 2.45) is 0 Å². The van der Waals surface area contributed by atoms with Gasteiger partial charge in [0.05, 0.1) is 12.7 Å². The predicted molar refractivity (Wildman–Crippen MR) is 105 cm³/mol. The molecule has 3 rings (SSSR count). The molecule has 1 fully saturated rings. The Morgan fingerprint density at radius 3 is 3.07 bits per heavy atom. The zero-order chi connectivity index (χ0) is 19.9. The minimum atomic E-state index is -1.05. The first-order chi connectivity index (χ1) is 13.6. The molecule has 2 unspecified atom stereocenters. The highest BCUT2D eigenvalue weighted by atomic mass is 16.5. The molecule has 2 N–H and O–H groups in total. The molecule has 0 aliphatic carbocycles. The highest BCUT2D eigenvalue weighted by Crippen LogP contribution is 2.25. The van der Waals surface area contributed by atoms with E-state index in [1.54, 1.807) is 6.20 Å². The number of fused-ring (bicyclic) bond motifs is 1. The third kappa shape index (κ3) is 4.58. The number of amides is 1. The molecule has 0 saturated carbocycles. The van der Waals surface area contributed by atoms with E-state index in [0.717, 1.165) is 29.6 Å². The van der Waals surface area contributed by atoms with Gasteiger partial charge in [0.1, 0.15) is 18.6 Å². The number of hydrogen-bond donors (Lipinski definition) is 2. The molecule has 0 radical (unpaired) electrons. The van der Waals surface area contributed by atoms with Crippen molar-refractivity contribution in [2.45, 2.75) is 25.0 Å². The smallest absolute Gasteiger partial charge is 0.407 e. The number of carboxylic acid groups (broad SMARTS) is 1. The fourth-order valence-electron chi connectivity index (χ4n) is 3.80. The van der Waals surface area contributed by atoms with Crippen LogP contribution in [0.5, 0.6) is 5.75 Å². The van der Waals surface area contributed by atoms with E-state index in [2.05, 4.69) is 15.2 Å². The molecule has 1 aliphatic heterocycles. The summed E-state index contributed by atoms with van der Waals surface area (Å²) in [4.78, 5) is 29.8. The van der Waals surface area contributed by atoms with Crippen LogP contribution in [0.2, 0.25) is 0 Å². The van der Waals surface area contributed by atoms with Gasteiger partial charge in [0.25, 0.3) is 0 Å². The second kappa shape index (κ2) is 9.48. The van der Waals surface area contributed by atoms with Crippen molar-refractivity contribution in [3.8, 4) is 5.75 Å². The molecular weight excluding hydrogens is 360 g/mol. The molecule has 1 aromatic carbocycles. The second-order valence-corrected chi connectivity index (χ2v) is 6.82. The van der Waals surface area contributed by atoms with Crippen LogP contribution in [0, 0.1) is 0 Å². The van der Waals surface area contributed by atoms with Gasteiger partial charge in [-0.2, -0.15) is 0 Å². The standard InChI is InChI=1S/C20H26N4O4/c1-21-19-13-16(24(9-11-25)20(26)27)6-8-23(19)10-12-28-18-4-2-3-15-14-22-7-5-17(15)18/h2-5,7,11,14,16,19,21H,6,8-10,12-13H2,1H3,(H,26,27). The number of piperidine rings is 1. The van der Waals surface area contributed by atoms with E-state index in [9.17, 15) is 14.7 Å². The number of aldehydes is 1. The van der Waals surface area contributed by atoms with Gasteiger partial charge in [0.15, 0.2) is 0 Å². The Morgan fingerprint density at radius 2 is 2.32 bits per heavy atom. The lowest BCUT2D eigenvalue weighted by Gasteiger charge is -2.42. The molecule has 8 nitrogen and oxygen atoms in total. The summed E-state index contributed by atoms with van der Waals surface area (Å²) in [7, 11) is 1.86. The highest BCUT2D eigenvalue weighted by molar-refractivity contribution is 5.87. The number of rotatable bonds is 8. The minimum absolute atomic E-state index is 0.0348. The molecule has 150 valence electrons. The van der Waals surface area contributed by atoms with E-state index in [1.807, 2.05) is 37.5 Å². The summed E-state index contributed by atoms with van der Waals surface area (Å²) < 4.78 is 6.02. The van der Waals surface area contributed by atoms with Gasteiger partial charge in [-0.3, -0.25) is 14.8 Å². The van der Waals surface area contributed by atoms with Gasteiger partial charge >= 0.3 is 6.09 Å². The summed E-state index contributed by atoms with van der Waals surface area (Å²) in [5, 5.41) is 14.7. The maximum atomic E-state index is 11.4. The largest absolute Gasteiger partial charge is 0.492 e. The Morgan fingerprint density at radius 1 is 1.46 bits per heavy atom. The maximum Gasteiger partial charge on any atom is 0.407 e. The number of ether oxygens (including phenoxy) is 1. The molecule has 1 aliphatic rings. The van der Waals surface area contributed by atoms with Crippen molar-refractivity contribution in [3.63, 3.8) is 0 Å². The Hall–Kier alpha value is -2.71. The lowest BCUT2D eigenvalue weighted by atomic mass is 10.0. The second-order valence-electron chi connectivity index (χ2n) is 6.82. The van der Waals surface area contributed by atoms with Crippen molar-refractivity contribution < 1.29 is 19.4 Å². The number of nitrogens with one attached hydrogen (secondary N) is 1. The molecule has 0 spiro atoms. The average molecular weight is 386 g/mol. The third-order valence-corrected chi connectivity index (χ3v) is 5.25. The maximum absolute atomic E-state index is 11.4. The van der Waals surface area contributed by atoms with Crippen LogP contribution in [-0.4, -0.2) is 77.8 Å². The number of benzene rings is 1. The zero-order valence-corrected chi connectivity index (χ0v) is 16.0. The Kier molecular flexibility index (Phi) is 6.78. The fourth-order valence-corrected chi connectivity index (χ4v) is 3.80. The van der Waals surface area contributed by atoms with Crippen LogP contribution in [0.3, 0.4) is 0 Å². The normalized spacial score (nSPS) is 20.0. The average Bonchev–Trinajstić information content (AvgIpc) is 2.72. The Balaban J connectivity index is 1.57. The van der Waals surface area contributed by atoms with Crippen LogP contribution in [0.4, 0.5) is 4.79 Å². The van der Waals surface area contributed by atoms with Crippen LogP contribution >= 0.6 is 0 Å². The number of nitrogens with zero attached hydrogens (tertiary/aromatic N) is 3. The van der Waals surface area contributed by atoms with Crippen LogP contribution in [0.15, 0.2) is 36.7 Å². The highest BCUT2D eigenvalue weighted by Gasteiger charge is 2.32. The first-order valence-corrected chi connectivity index (χ1v) is 9.44. The number of carbonyl (C=O) groups is 2. The van der Waals surface area contributed by atoms with Gasteiger partial charge in [-0.05, 0) is 32.0 Å². The van der Waals surface area contributed by atoms with Crippen molar-refractivity contribution in [1.29, 1.82) is 0 Å². The number of carbonyl (C=O) groups excluding carboxylic acids is 1. The summed E-state index contributed by atoms with van der Waals surface area (Å²) in [6.07, 6.45) is 4.53. The van der Waals surface area contributed by atoms with Crippen molar-refractivity contribution in [1.82, 2.24) is 20.1 Å². The zero-order valence-electron chi connectivity index (χ0n) is 16.0. The fraction of sp³-hybridized carbons (Fsp3) is 0.450. The van der Waals surface area contributed by atoms with Gasteiger partial charge in [-0.15, -0.1) is 0 Å². The van der Waals surface area contributed by atoms with E-state index in [0.29, 0.717) is 25.7 Å². The van der Waals surface area contributed by atoms with Crippen molar-refractivity contribution in [2.75, 3.05) is 33.3 Å². The molecule has 8 heteroatoms. The summed E-state index contributed by atoms with van der Waals surface area (Å²) >= 11 is 0. The molecule has 2 heterocycles. The molecule has 2 atom stereocenters. The molecule has 28 heavy (non-hydrogen) atoms. The molecule has 1 amide bonds. The number of likely N-dealkylation sites (tertiary alicyclic amines) is 1. The summed E-state index contributed by atoms with van der Waals surface area (Å²) in [6, 6.07) is 7.69. The molecule has 0 bridgehead atoms. The number of aromatic nitrogens is 1. The monoisotopic (exact) mass is 386 g/mol. The molecule has 2 aromatic rings. The minimum Gasteiger partial charge on any atom is -0.492 e. The van der Waals surface area contributed by atoms with Crippen LogP contribution in [-0.2, 0) is 4.79 Å². The quantitative estimate of drug-likeness (QED) is 0.668. The lowest BCUT2D eigenvalue weighted by Crippen LogP contribution is -2.56. The topological polar surface area (TPSA) is 95.0 Å². The lowest BCUT2D eigenvalue weighted by molar-refractivity contribution is -0.109. The number of pyridine rings is 1. The third-order valence-electron chi connectivity index (χ3n) is 5.25. The van der Waals surface area contributed by atoms with Gasteiger partial charge in [0.2, 0.25) is 0 Å². The van der Waals surface area contributed by atoms with Gasteiger partial charge in [0, 0.05) is 42.3 Å². The first-order valence-electron chi connectivity index (χ1n) is 9.44. The summed E-state index contributed by atoms with van der Waals surface area (Å²) in [5.41, 5.74) is 0. The predicted octanol–water partition coefficient (Wildman–Crippen LogP) is 1.80. The van der Waals surface area contributed by atoms with E-state index >= 15 is 0 Å². The van der Waals surface area contributed by atoms with E-state index in [4.69, 9.17) is 4.74 Å². The molecule has 1 aromatic heterocycles. The SMILES string of the molecule is CNC1CC(N(CC=O)C(=O)O)CCN1CCOc1cccc2cnccc12.